The maximum atomic E-state index is 12.8. The topological polar surface area (TPSA) is 46.9 Å². The quantitative estimate of drug-likeness (QED) is 0.693. The van der Waals surface area contributed by atoms with Gasteiger partial charge in [0.05, 0.1) is 10.6 Å². The molecule has 0 unspecified atom stereocenters. The molecule has 27 heavy (non-hydrogen) atoms. The van der Waals surface area contributed by atoms with Gasteiger partial charge in [-0.1, -0.05) is 41.4 Å². The fraction of sp³-hybridized carbons (Fsp3) is 0.158. The highest BCUT2D eigenvalue weighted by Crippen LogP contribution is 2.32. The van der Waals surface area contributed by atoms with Gasteiger partial charge in [0, 0.05) is 18.9 Å². The van der Waals surface area contributed by atoms with Crippen LogP contribution < -0.4 is 5.32 Å². The van der Waals surface area contributed by atoms with Gasteiger partial charge in [0.2, 0.25) is 0 Å². The van der Waals surface area contributed by atoms with E-state index in [-0.39, 0.29) is 16.5 Å². The van der Waals surface area contributed by atoms with Crippen molar-refractivity contribution in [3.8, 4) is 5.82 Å². The Labute approximate surface area is 158 Å². The summed E-state index contributed by atoms with van der Waals surface area (Å²) in [7, 11) is 0. The molecule has 0 aliphatic carbocycles. The van der Waals surface area contributed by atoms with Gasteiger partial charge in [0.25, 0.3) is 5.91 Å². The van der Waals surface area contributed by atoms with Crippen LogP contribution in [-0.2, 0) is 12.7 Å². The van der Waals surface area contributed by atoms with Crippen LogP contribution in [0, 0.1) is 6.92 Å². The van der Waals surface area contributed by atoms with Crippen molar-refractivity contribution in [3.05, 3.63) is 82.3 Å². The molecule has 2 aromatic heterocycles. The van der Waals surface area contributed by atoms with Crippen molar-refractivity contribution in [1.82, 2.24) is 14.9 Å². The second kappa shape index (κ2) is 7.44. The van der Waals surface area contributed by atoms with E-state index in [2.05, 4.69) is 10.3 Å². The van der Waals surface area contributed by atoms with E-state index in [0.29, 0.717) is 12.7 Å². The number of hydrogen-bond donors (Lipinski definition) is 1. The third-order valence-corrected chi connectivity index (χ3v) is 4.21. The van der Waals surface area contributed by atoms with Crippen LogP contribution in [0.15, 0.2) is 54.9 Å². The third-order valence-electron chi connectivity index (χ3n) is 3.93. The summed E-state index contributed by atoms with van der Waals surface area (Å²) in [5.41, 5.74) is 1.31. The van der Waals surface area contributed by atoms with Gasteiger partial charge < -0.3 is 5.32 Å². The third kappa shape index (κ3) is 4.31. The molecular weight excluding hydrogens is 379 g/mol. The first-order chi connectivity index (χ1) is 12.8. The Morgan fingerprint density at radius 2 is 1.93 bits per heavy atom. The molecule has 3 aromatic rings. The van der Waals surface area contributed by atoms with Crippen LogP contribution in [0.2, 0.25) is 5.02 Å². The minimum atomic E-state index is -4.54. The molecule has 0 aliphatic heterocycles. The largest absolute Gasteiger partial charge is 0.417 e. The number of nitrogens with one attached hydrogen (secondary N) is 1. The number of amides is 1. The van der Waals surface area contributed by atoms with Crippen LogP contribution in [0.5, 0.6) is 0 Å². The van der Waals surface area contributed by atoms with Crippen LogP contribution in [0.1, 0.15) is 27.2 Å². The van der Waals surface area contributed by atoms with Gasteiger partial charge in [-0.15, -0.1) is 0 Å². The molecule has 0 radical (unpaired) electrons. The molecule has 0 fully saturated rings. The number of nitrogens with zero attached hydrogens (tertiary/aromatic N) is 2. The number of rotatable bonds is 4. The second-order valence-corrected chi connectivity index (χ2v) is 6.37. The normalized spacial score (nSPS) is 11.4. The SMILES string of the molecule is Cc1ccc(CNC(=O)c2cccn2-c2ncc(C(F)(F)F)cc2Cl)cc1. The number of hydrogen-bond acceptors (Lipinski definition) is 2. The lowest BCUT2D eigenvalue weighted by Crippen LogP contribution is -2.25. The van der Waals surface area contributed by atoms with Crippen molar-refractivity contribution in [1.29, 1.82) is 0 Å². The molecule has 0 atom stereocenters. The zero-order valence-corrected chi connectivity index (χ0v) is 15.0. The monoisotopic (exact) mass is 393 g/mol. The summed E-state index contributed by atoms with van der Waals surface area (Å²) in [6.07, 6.45) is -2.34. The summed E-state index contributed by atoms with van der Waals surface area (Å²) in [4.78, 5) is 16.3. The van der Waals surface area contributed by atoms with Crippen LogP contribution in [-0.4, -0.2) is 15.5 Å². The first-order valence-corrected chi connectivity index (χ1v) is 8.38. The van der Waals surface area contributed by atoms with E-state index in [4.69, 9.17) is 11.6 Å². The summed E-state index contributed by atoms with van der Waals surface area (Å²) >= 11 is 5.98. The summed E-state index contributed by atoms with van der Waals surface area (Å²) in [6.45, 7) is 2.29. The molecular formula is C19H15ClF3N3O. The van der Waals surface area contributed by atoms with Crippen molar-refractivity contribution >= 4 is 17.5 Å². The van der Waals surface area contributed by atoms with E-state index in [1.807, 2.05) is 31.2 Å². The Kier molecular flexibility index (Phi) is 5.23. The van der Waals surface area contributed by atoms with Gasteiger partial charge in [0.1, 0.15) is 5.69 Å². The van der Waals surface area contributed by atoms with Gasteiger partial charge in [0.15, 0.2) is 5.82 Å². The number of aryl methyl sites for hydroxylation is 1. The fourth-order valence-corrected chi connectivity index (χ4v) is 2.75. The van der Waals surface area contributed by atoms with Gasteiger partial charge in [-0.05, 0) is 30.7 Å². The summed E-state index contributed by atoms with van der Waals surface area (Å²) in [5, 5.41) is 2.58. The standard InChI is InChI=1S/C19H15ClF3N3O/c1-12-4-6-13(7-5-12)10-25-18(27)16-3-2-8-26(16)17-15(20)9-14(11-24-17)19(21,22)23/h2-9,11H,10H2,1H3,(H,25,27). The molecule has 1 amide bonds. The first-order valence-electron chi connectivity index (χ1n) is 8.00. The molecule has 0 aliphatic rings. The highest BCUT2D eigenvalue weighted by Gasteiger charge is 2.32. The molecule has 2 heterocycles. The van der Waals surface area contributed by atoms with E-state index in [9.17, 15) is 18.0 Å². The van der Waals surface area contributed by atoms with E-state index in [0.717, 1.165) is 17.2 Å². The summed E-state index contributed by atoms with van der Waals surface area (Å²) < 4.78 is 39.7. The molecule has 0 bridgehead atoms. The molecule has 8 heteroatoms. The Hall–Kier alpha value is -2.80. The zero-order chi connectivity index (χ0) is 19.6. The Balaban J connectivity index is 1.81. The van der Waals surface area contributed by atoms with Gasteiger partial charge in [-0.2, -0.15) is 13.2 Å². The Morgan fingerprint density at radius 1 is 1.22 bits per heavy atom. The lowest BCUT2D eigenvalue weighted by atomic mass is 10.1. The van der Waals surface area contributed by atoms with Crippen molar-refractivity contribution in [2.45, 2.75) is 19.6 Å². The second-order valence-electron chi connectivity index (χ2n) is 5.96. The molecule has 3 rings (SSSR count). The number of alkyl halides is 3. The number of carbonyl (C=O) groups is 1. The summed E-state index contributed by atoms with van der Waals surface area (Å²) in [6, 6.07) is 11.6. The predicted molar refractivity (Wildman–Crippen MR) is 95.9 cm³/mol. The number of halogens is 4. The van der Waals surface area contributed by atoms with E-state index >= 15 is 0 Å². The number of pyridine rings is 1. The van der Waals surface area contributed by atoms with Crippen molar-refractivity contribution in [3.63, 3.8) is 0 Å². The Morgan fingerprint density at radius 3 is 2.56 bits per heavy atom. The van der Waals surface area contributed by atoms with Crippen molar-refractivity contribution in [2.75, 3.05) is 0 Å². The van der Waals surface area contributed by atoms with Crippen LogP contribution in [0.25, 0.3) is 5.82 Å². The molecule has 0 spiro atoms. The highest BCUT2D eigenvalue weighted by molar-refractivity contribution is 6.32. The maximum Gasteiger partial charge on any atom is 0.417 e. The molecule has 140 valence electrons. The number of aromatic nitrogens is 2. The average Bonchev–Trinajstić information content (AvgIpc) is 3.09. The lowest BCUT2D eigenvalue weighted by Gasteiger charge is -2.12. The van der Waals surface area contributed by atoms with Crippen molar-refractivity contribution < 1.29 is 18.0 Å². The van der Waals surface area contributed by atoms with Gasteiger partial charge in [-0.25, -0.2) is 4.98 Å². The minimum Gasteiger partial charge on any atom is -0.347 e. The number of carbonyl (C=O) groups excluding carboxylic acids is 1. The van der Waals surface area contributed by atoms with Gasteiger partial charge >= 0.3 is 6.18 Å². The zero-order valence-electron chi connectivity index (χ0n) is 14.2. The number of benzene rings is 1. The molecule has 1 N–H and O–H groups in total. The van der Waals surface area contributed by atoms with Crippen molar-refractivity contribution in [2.24, 2.45) is 0 Å². The van der Waals surface area contributed by atoms with Crippen LogP contribution in [0.4, 0.5) is 13.2 Å². The highest BCUT2D eigenvalue weighted by atomic mass is 35.5. The molecule has 1 aromatic carbocycles. The first kappa shape index (κ1) is 19.0. The van der Waals surface area contributed by atoms with E-state index < -0.39 is 17.6 Å². The Bertz CT molecular complexity index is 965. The minimum absolute atomic E-state index is 0.0511. The van der Waals surface area contributed by atoms with Gasteiger partial charge in [-0.3, -0.25) is 9.36 Å². The fourth-order valence-electron chi connectivity index (χ4n) is 2.49. The predicted octanol–water partition coefficient (Wildman–Crippen LogP) is 4.78. The summed E-state index contributed by atoms with van der Waals surface area (Å²) in [5.74, 6) is -0.339. The van der Waals surface area contributed by atoms with E-state index in [1.165, 1.54) is 10.8 Å². The molecule has 0 saturated carbocycles. The molecule has 4 nitrogen and oxygen atoms in total. The maximum absolute atomic E-state index is 12.8. The lowest BCUT2D eigenvalue weighted by molar-refractivity contribution is -0.137. The molecule has 0 saturated heterocycles. The smallest absolute Gasteiger partial charge is 0.347 e. The average molecular weight is 394 g/mol. The van der Waals surface area contributed by atoms with Crippen LogP contribution >= 0.6 is 11.6 Å². The van der Waals surface area contributed by atoms with E-state index in [1.54, 1.807) is 12.1 Å². The van der Waals surface area contributed by atoms with Crippen LogP contribution in [0.3, 0.4) is 0 Å².